The smallest absolute Gasteiger partial charge is 0.268 e. The summed E-state index contributed by atoms with van der Waals surface area (Å²) in [5, 5.41) is 16.7. The van der Waals surface area contributed by atoms with Gasteiger partial charge in [0.2, 0.25) is 5.91 Å². The van der Waals surface area contributed by atoms with Crippen LogP contribution in [0.25, 0.3) is 0 Å². The molecule has 3 amide bonds. The van der Waals surface area contributed by atoms with E-state index in [1.165, 1.54) is 32.4 Å². The molecule has 0 aromatic heterocycles. The van der Waals surface area contributed by atoms with Crippen molar-refractivity contribution in [3.05, 3.63) is 28.8 Å². The number of hydrogen-bond donors (Lipinski definition) is 3. The second kappa shape index (κ2) is 11.8. The number of hydrogen-bond acceptors (Lipinski definition) is 5. The molecule has 0 unspecified atom stereocenters. The molecule has 1 aromatic rings. The quantitative estimate of drug-likeness (QED) is 0.484. The van der Waals surface area contributed by atoms with Gasteiger partial charge in [0.15, 0.2) is 0 Å². The lowest BCUT2D eigenvalue weighted by Crippen LogP contribution is -2.54. The van der Waals surface area contributed by atoms with Gasteiger partial charge in [0.1, 0.15) is 17.8 Å². The Balaban J connectivity index is 3.04. The second-order valence-electron chi connectivity index (χ2n) is 8.03. The van der Waals surface area contributed by atoms with Gasteiger partial charge < -0.3 is 15.7 Å². The van der Waals surface area contributed by atoms with Crippen molar-refractivity contribution in [3.8, 4) is 5.75 Å². The molecule has 1 rings (SSSR count). The number of phenols is 1. The summed E-state index contributed by atoms with van der Waals surface area (Å²) in [5.41, 5.74) is -0.0296. The van der Waals surface area contributed by atoms with Gasteiger partial charge >= 0.3 is 0 Å². The van der Waals surface area contributed by atoms with Crippen molar-refractivity contribution in [2.75, 3.05) is 14.2 Å². The van der Waals surface area contributed by atoms with Crippen LogP contribution in [-0.2, 0) is 14.4 Å². The van der Waals surface area contributed by atoms with Gasteiger partial charge in [-0.1, -0.05) is 39.3 Å². The molecule has 2 atom stereocenters. The summed E-state index contributed by atoms with van der Waals surface area (Å²) in [6, 6.07) is 2.40. The molecule has 1 aromatic carbocycles. The van der Waals surface area contributed by atoms with Crippen LogP contribution in [0.15, 0.2) is 18.2 Å². The van der Waals surface area contributed by atoms with Gasteiger partial charge in [-0.05, 0) is 42.9 Å². The summed E-state index contributed by atoms with van der Waals surface area (Å²) in [5.74, 6) is -1.50. The van der Waals surface area contributed by atoms with Crippen molar-refractivity contribution < 1.29 is 24.3 Å². The number of amides is 3. The number of rotatable bonds is 10. The molecule has 0 spiro atoms. The van der Waals surface area contributed by atoms with E-state index < -0.39 is 23.9 Å². The number of nitrogens with zero attached hydrogens (tertiary/aromatic N) is 1. The van der Waals surface area contributed by atoms with Crippen LogP contribution in [0.1, 0.15) is 50.9 Å². The SMILES string of the molecule is CON(C)C(=O)[C@H](CC(C)C)NC(=O)[C@H](CC(C)C)NC(=O)c1cc(Cl)ccc1O. The van der Waals surface area contributed by atoms with Crippen LogP contribution in [0.2, 0.25) is 5.02 Å². The number of aromatic hydroxyl groups is 1. The Kier molecular flexibility index (Phi) is 10.1. The molecule has 0 fully saturated rings. The second-order valence-corrected chi connectivity index (χ2v) is 8.46. The fourth-order valence-electron chi connectivity index (χ4n) is 2.90. The Morgan fingerprint density at radius 2 is 1.63 bits per heavy atom. The highest BCUT2D eigenvalue weighted by molar-refractivity contribution is 6.31. The highest BCUT2D eigenvalue weighted by Gasteiger charge is 2.30. The normalized spacial score (nSPS) is 13.1. The van der Waals surface area contributed by atoms with E-state index in [9.17, 15) is 19.5 Å². The van der Waals surface area contributed by atoms with Crippen LogP contribution < -0.4 is 10.6 Å². The first-order chi connectivity index (χ1) is 14.0. The van der Waals surface area contributed by atoms with Crippen LogP contribution in [0.5, 0.6) is 5.75 Å². The first kappa shape index (κ1) is 25.7. The summed E-state index contributed by atoms with van der Waals surface area (Å²) in [7, 11) is 2.84. The Labute approximate surface area is 182 Å². The Hall–Kier alpha value is -2.32. The topological polar surface area (TPSA) is 108 Å². The fourth-order valence-corrected chi connectivity index (χ4v) is 3.08. The van der Waals surface area contributed by atoms with Gasteiger partial charge in [-0.2, -0.15) is 0 Å². The molecule has 9 heteroatoms. The third-order valence-corrected chi connectivity index (χ3v) is 4.67. The number of halogens is 1. The van der Waals surface area contributed by atoms with Crippen molar-refractivity contribution in [1.82, 2.24) is 15.7 Å². The number of hydroxylamine groups is 2. The van der Waals surface area contributed by atoms with Crippen molar-refractivity contribution in [1.29, 1.82) is 0 Å². The zero-order valence-corrected chi connectivity index (χ0v) is 19.1. The average Bonchev–Trinajstić information content (AvgIpc) is 2.66. The predicted molar refractivity (Wildman–Crippen MR) is 115 cm³/mol. The van der Waals surface area contributed by atoms with E-state index in [-0.39, 0.29) is 34.1 Å². The lowest BCUT2D eigenvalue weighted by Gasteiger charge is -2.27. The van der Waals surface area contributed by atoms with Crippen molar-refractivity contribution in [2.24, 2.45) is 11.8 Å². The molecular formula is C21H32ClN3O5. The number of benzene rings is 1. The monoisotopic (exact) mass is 441 g/mol. The molecule has 0 heterocycles. The Morgan fingerprint density at radius 3 is 2.17 bits per heavy atom. The summed E-state index contributed by atoms with van der Waals surface area (Å²) < 4.78 is 0. The number of nitrogens with one attached hydrogen (secondary N) is 2. The maximum absolute atomic E-state index is 13.0. The lowest BCUT2D eigenvalue weighted by atomic mass is 9.99. The molecule has 0 bridgehead atoms. The maximum atomic E-state index is 13.0. The van der Waals surface area contributed by atoms with E-state index in [0.29, 0.717) is 12.8 Å². The maximum Gasteiger partial charge on any atom is 0.268 e. The van der Waals surface area contributed by atoms with Crippen LogP contribution in [0.4, 0.5) is 0 Å². The lowest BCUT2D eigenvalue weighted by molar-refractivity contribution is -0.172. The largest absolute Gasteiger partial charge is 0.507 e. The third-order valence-electron chi connectivity index (χ3n) is 4.44. The van der Waals surface area contributed by atoms with E-state index in [0.717, 1.165) is 5.06 Å². The van der Waals surface area contributed by atoms with Gasteiger partial charge in [-0.25, -0.2) is 5.06 Å². The van der Waals surface area contributed by atoms with E-state index in [1.54, 1.807) is 0 Å². The van der Waals surface area contributed by atoms with Gasteiger partial charge in [-0.3, -0.25) is 19.2 Å². The molecule has 30 heavy (non-hydrogen) atoms. The molecule has 0 saturated carbocycles. The minimum atomic E-state index is -0.897. The fraction of sp³-hybridized carbons (Fsp3) is 0.571. The van der Waals surface area contributed by atoms with Crippen LogP contribution >= 0.6 is 11.6 Å². The minimum Gasteiger partial charge on any atom is -0.507 e. The molecule has 0 aliphatic rings. The number of phenolic OH excluding ortho intramolecular Hbond substituents is 1. The predicted octanol–water partition coefficient (Wildman–Crippen LogP) is 2.74. The summed E-state index contributed by atoms with van der Waals surface area (Å²) in [6.07, 6.45) is 0.761. The standard InChI is InChI=1S/C21H32ClN3O5/c1-12(2)9-16(23-19(27)15-11-14(22)7-8-18(15)26)20(28)24-17(10-13(3)4)21(29)25(5)30-6/h7-8,11-13,16-17,26H,9-10H2,1-6H3,(H,23,27)(H,24,28)/t16-,17-/m0/s1. The summed E-state index contributed by atoms with van der Waals surface area (Å²) in [6.45, 7) is 7.71. The molecule has 0 radical (unpaired) electrons. The van der Waals surface area contributed by atoms with Crippen molar-refractivity contribution >= 4 is 29.3 Å². The first-order valence-corrected chi connectivity index (χ1v) is 10.2. The van der Waals surface area contributed by atoms with Crippen molar-refractivity contribution in [2.45, 2.75) is 52.6 Å². The van der Waals surface area contributed by atoms with Crippen LogP contribution in [0.3, 0.4) is 0 Å². The summed E-state index contributed by atoms with van der Waals surface area (Å²) in [4.78, 5) is 43.2. The minimum absolute atomic E-state index is 0.0296. The van der Waals surface area contributed by atoms with Gasteiger partial charge in [0.25, 0.3) is 11.8 Å². The Morgan fingerprint density at radius 1 is 1.07 bits per heavy atom. The number of likely N-dealkylation sites (N-methyl/N-ethyl adjacent to an activating group) is 1. The molecule has 3 N–H and O–H groups in total. The van der Waals surface area contributed by atoms with E-state index in [4.69, 9.17) is 16.4 Å². The van der Waals surface area contributed by atoms with Gasteiger partial charge in [0, 0.05) is 12.1 Å². The third kappa shape index (κ3) is 7.84. The van der Waals surface area contributed by atoms with Crippen LogP contribution in [0, 0.1) is 11.8 Å². The van der Waals surface area contributed by atoms with E-state index in [2.05, 4.69) is 10.6 Å². The van der Waals surface area contributed by atoms with Crippen molar-refractivity contribution in [3.63, 3.8) is 0 Å². The van der Waals surface area contributed by atoms with Crippen LogP contribution in [-0.4, -0.2) is 54.1 Å². The van der Waals surface area contributed by atoms with E-state index >= 15 is 0 Å². The summed E-state index contributed by atoms with van der Waals surface area (Å²) >= 11 is 5.92. The average molecular weight is 442 g/mol. The molecule has 0 aliphatic heterocycles. The zero-order valence-electron chi connectivity index (χ0n) is 18.4. The van der Waals surface area contributed by atoms with E-state index in [1.807, 2.05) is 27.7 Å². The zero-order chi connectivity index (χ0) is 23.0. The number of carbonyl (C=O) groups is 3. The molecule has 8 nitrogen and oxygen atoms in total. The first-order valence-electron chi connectivity index (χ1n) is 9.87. The molecule has 168 valence electrons. The number of carbonyl (C=O) groups excluding carboxylic acids is 3. The molecule has 0 aliphatic carbocycles. The van der Waals surface area contributed by atoms with Gasteiger partial charge in [0.05, 0.1) is 12.7 Å². The highest BCUT2D eigenvalue weighted by atomic mass is 35.5. The molecule has 0 saturated heterocycles. The van der Waals surface area contributed by atoms with Gasteiger partial charge in [-0.15, -0.1) is 0 Å². The Bertz CT molecular complexity index is 754. The molecular weight excluding hydrogens is 410 g/mol. The highest BCUT2D eigenvalue weighted by Crippen LogP contribution is 2.22.